The molecule has 2 atom stereocenters. The van der Waals surface area contributed by atoms with Gasteiger partial charge in [-0.05, 0) is 31.5 Å². The maximum absolute atomic E-state index is 14.4. The SMILES string of the molecule is CC(C)S(=O)(=O)n1ncc(F)c1N1C[C@@H](F)C[C@@H]1c1cccc(F)c1. The molecule has 1 saturated heterocycles. The molecule has 0 aliphatic carbocycles. The van der Waals surface area contributed by atoms with E-state index in [1.165, 1.54) is 36.9 Å². The number of rotatable bonds is 4. The molecule has 0 radical (unpaired) electrons. The van der Waals surface area contributed by atoms with Crippen LogP contribution in [0.3, 0.4) is 0 Å². The number of nitrogens with zero attached hydrogens (tertiary/aromatic N) is 3. The Labute approximate surface area is 144 Å². The van der Waals surface area contributed by atoms with Crippen LogP contribution in [0.1, 0.15) is 31.9 Å². The van der Waals surface area contributed by atoms with E-state index in [9.17, 15) is 21.6 Å². The number of anilines is 1. The van der Waals surface area contributed by atoms with E-state index in [4.69, 9.17) is 0 Å². The summed E-state index contributed by atoms with van der Waals surface area (Å²) >= 11 is 0. The molecule has 1 aliphatic rings. The summed E-state index contributed by atoms with van der Waals surface area (Å²) in [6.07, 6.45) is -0.489. The highest BCUT2D eigenvalue weighted by Crippen LogP contribution is 2.39. The summed E-state index contributed by atoms with van der Waals surface area (Å²) in [5.74, 6) is -1.67. The van der Waals surface area contributed by atoms with Crippen LogP contribution in [0.25, 0.3) is 0 Å². The third kappa shape index (κ3) is 3.12. The maximum atomic E-state index is 14.4. The minimum atomic E-state index is -3.93. The van der Waals surface area contributed by atoms with Crippen LogP contribution in [0, 0.1) is 11.6 Å². The second-order valence-electron chi connectivity index (χ2n) is 6.31. The highest BCUT2D eigenvalue weighted by Gasteiger charge is 2.39. The van der Waals surface area contributed by atoms with E-state index in [0.717, 1.165) is 6.20 Å². The predicted octanol–water partition coefficient (Wildman–Crippen LogP) is 3.04. The summed E-state index contributed by atoms with van der Waals surface area (Å²) in [6, 6.07) is 4.90. The van der Waals surface area contributed by atoms with Gasteiger partial charge in [0.05, 0.1) is 24.0 Å². The lowest BCUT2D eigenvalue weighted by Crippen LogP contribution is -2.32. The van der Waals surface area contributed by atoms with Gasteiger partial charge >= 0.3 is 0 Å². The molecule has 136 valence electrons. The minimum Gasteiger partial charge on any atom is -0.343 e. The quantitative estimate of drug-likeness (QED) is 0.827. The Kier molecular flexibility index (Phi) is 4.52. The van der Waals surface area contributed by atoms with Gasteiger partial charge in [-0.1, -0.05) is 12.1 Å². The first-order valence-electron chi connectivity index (χ1n) is 7.86. The van der Waals surface area contributed by atoms with Crippen LogP contribution >= 0.6 is 0 Å². The molecule has 1 aliphatic heterocycles. The van der Waals surface area contributed by atoms with E-state index >= 15 is 0 Å². The van der Waals surface area contributed by atoms with E-state index in [0.29, 0.717) is 9.65 Å². The van der Waals surface area contributed by atoms with Crippen molar-refractivity contribution in [2.24, 2.45) is 0 Å². The van der Waals surface area contributed by atoms with Gasteiger partial charge < -0.3 is 4.90 Å². The summed E-state index contributed by atoms with van der Waals surface area (Å²) in [5.41, 5.74) is 0.453. The van der Waals surface area contributed by atoms with Gasteiger partial charge in [0, 0.05) is 6.42 Å². The lowest BCUT2D eigenvalue weighted by Gasteiger charge is -2.27. The number of halogens is 3. The second kappa shape index (κ2) is 6.36. The molecule has 5 nitrogen and oxygen atoms in total. The van der Waals surface area contributed by atoms with Crippen LogP contribution in [-0.4, -0.2) is 35.6 Å². The number of aromatic nitrogens is 2. The maximum Gasteiger partial charge on any atom is 0.258 e. The van der Waals surface area contributed by atoms with E-state index < -0.39 is 39.1 Å². The molecule has 25 heavy (non-hydrogen) atoms. The molecule has 0 spiro atoms. The Bertz CT molecular complexity index is 883. The van der Waals surface area contributed by atoms with Crippen LogP contribution in [0.15, 0.2) is 30.5 Å². The van der Waals surface area contributed by atoms with Crippen molar-refractivity contribution >= 4 is 15.8 Å². The summed E-state index contributed by atoms with van der Waals surface area (Å²) < 4.78 is 67.5. The number of alkyl halides is 1. The summed E-state index contributed by atoms with van der Waals surface area (Å²) in [7, 11) is -3.93. The zero-order chi connectivity index (χ0) is 18.4. The smallest absolute Gasteiger partial charge is 0.258 e. The van der Waals surface area contributed by atoms with Crippen LogP contribution in [0.5, 0.6) is 0 Å². The van der Waals surface area contributed by atoms with Crippen LogP contribution in [-0.2, 0) is 10.0 Å². The van der Waals surface area contributed by atoms with Crippen molar-refractivity contribution in [2.45, 2.75) is 37.7 Å². The first-order chi connectivity index (χ1) is 11.7. The zero-order valence-corrected chi connectivity index (χ0v) is 14.5. The van der Waals surface area contributed by atoms with Gasteiger partial charge in [0.1, 0.15) is 12.0 Å². The molecule has 2 aromatic rings. The molecule has 0 amide bonds. The normalized spacial score (nSPS) is 21.3. The second-order valence-corrected chi connectivity index (χ2v) is 8.63. The van der Waals surface area contributed by atoms with Crippen LogP contribution < -0.4 is 4.90 Å². The Morgan fingerprint density at radius 1 is 1.28 bits per heavy atom. The van der Waals surface area contributed by atoms with Gasteiger partial charge in [-0.25, -0.2) is 21.6 Å². The average molecular weight is 373 g/mol. The summed E-state index contributed by atoms with van der Waals surface area (Å²) in [6.45, 7) is 2.70. The van der Waals surface area contributed by atoms with Gasteiger partial charge in [-0.15, -0.1) is 4.09 Å². The molecule has 1 fully saturated rings. The fourth-order valence-corrected chi connectivity index (χ4v) is 4.00. The molecular formula is C16H18F3N3O2S. The molecule has 2 heterocycles. The summed E-state index contributed by atoms with van der Waals surface area (Å²) in [4.78, 5) is 1.31. The highest BCUT2D eigenvalue weighted by atomic mass is 32.2. The molecule has 9 heteroatoms. The molecule has 1 aromatic carbocycles. The van der Waals surface area contributed by atoms with Gasteiger partial charge in [0.2, 0.25) is 0 Å². The Morgan fingerprint density at radius 3 is 2.64 bits per heavy atom. The van der Waals surface area contributed by atoms with Crippen molar-refractivity contribution in [3.63, 3.8) is 0 Å². The van der Waals surface area contributed by atoms with E-state index in [-0.39, 0.29) is 18.8 Å². The predicted molar refractivity (Wildman–Crippen MR) is 87.6 cm³/mol. The van der Waals surface area contributed by atoms with Crippen LogP contribution in [0.2, 0.25) is 0 Å². The first kappa shape index (κ1) is 17.8. The van der Waals surface area contributed by atoms with Crippen molar-refractivity contribution in [3.05, 3.63) is 47.7 Å². The largest absolute Gasteiger partial charge is 0.343 e. The van der Waals surface area contributed by atoms with Crippen molar-refractivity contribution in [1.82, 2.24) is 9.19 Å². The van der Waals surface area contributed by atoms with E-state index in [1.807, 2.05) is 0 Å². The van der Waals surface area contributed by atoms with Crippen LogP contribution in [0.4, 0.5) is 19.0 Å². The van der Waals surface area contributed by atoms with Crippen molar-refractivity contribution < 1.29 is 21.6 Å². The fraction of sp³-hybridized carbons (Fsp3) is 0.438. The number of benzene rings is 1. The minimum absolute atomic E-state index is 0.00972. The first-order valence-corrected chi connectivity index (χ1v) is 9.36. The monoisotopic (exact) mass is 373 g/mol. The topological polar surface area (TPSA) is 55.2 Å². The Morgan fingerprint density at radius 2 is 2.00 bits per heavy atom. The lowest BCUT2D eigenvalue weighted by atomic mass is 10.0. The third-order valence-corrected chi connectivity index (χ3v) is 6.20. The molecular weight excluding hydrogens is 355 g/mol. The molecule has 0 saturated carbocycles. The lowest BCUT2D eigenvalue weighted by molar-refractivity contribution is 0.356. The van der Waals surface area contributed by atoms with Gasteiger partial charge in [-0.2, -0.15) is 5.10 Å². The number of hydrogen-bond acceptors (Lipinski definition) is 4. The summed E-state index contributed by atoms with van der Waals surface area (Å²) in [5, 5.41) is 2.81. The third-order valence-electron chi connectivity index (χ3n) is 4.26. The highest BCUT2D eigenvalue weighted by molar-refractivity contribution is 7.90. The van der Waals surface area contributed by atoms with E-state index in [1.54, 1.807) is 6.07 Å². The molecule has 0 N–H and O–H groups in total. The zero-order valence-electron chi connectivity index (χ0n) is 13.7. The average Bonchev–Trinajstić information content (AvgIpc) is 3.10. The van der Waals surface area contributed by atoms with Crippen molar-refractivity contribution in [1.29, 1.82) is 0 Å². The molecule has 3 rings (SSSR count). The van der Waals surface area contributed by atoms with E-state index in [2.05, 4.69) is 5.10 Å². The molecule has 1 aromatic heterocycles. The van der Waals surface area contributed by atoms with Gasteiger partial charge in [0.25, 0.3) is 10.0 Å². The van der Waals surface area contributed by atoms with Crippen molar-refractivity contribution in [3.8, 4) is 0 Å². The Balaban J connectivity index is 2.10. The van der Waals surface area contributed by atoms with Gasteiger partial charge in [0.15, 0.2) is 11.6 Å². The molecule has 0 bridgehead atoms. The fourth-order valence-electron chi connectivity index (χ4n) is 2.99. The Hall–Kier alpha value is -2.03. The molecule has 0 unspecified atom stereocenters. The van der Waals surface area contributed by atoms with Crippen molar-refractivity contribution in [2.75, 3.05) is 11.4 Å². The van der Waals surface area contributed by atoms with Gasteiger partial charge in [-0.3, -0.25) is 0 Å². The standard InChI is InChI=1S/C16H18F3N3O2S/c1-10(2)25(23,24)22-16(14(19)8-20-22)21-9-13(18)7-15(21)11-4-3-5-12(17)6-11/h3-6,8,10,13,15H,7,9H2,1-2H3/t13-,15+/m0/s1. The number of hydrogen-bond donors (Lipinski definition) is 0.